The van der Waals surface area contributed by atoms with E-state index in [1.165, 1.54) is 11.3 Å². The number of carbonyl (C=O) groups is 2. The molecule has 2 aromatic rings. The van der Waals surface area contributed by atoms with Crippen LogP contribution in [0.3, 0.4) is 0 Å². The fourth-order valence-corrected chi connectivity index (χ4v) is 2.67. The molecule has 0 spiro atoms. The number of amides is 1. The van der Waals surface area contributed by atoms with E-state index >= 15 is 0 Å². The Bertz CT molecular complexity index is 651. The number of hydrogen-bond donors (Lipinski definition) is 2. The van der Waals surface area contributed by atoms with Crippen molar-refractivity contribution in [1.29, 1.82) is 0 Å². The molecule has 2 N–H and O–H groups in total. The summed E-state index contributed by atoms with van der Waals surface area (Å²) in [5, 5.41) is 17.4. The Morgan fingerprint density at radius 1 is 1.43 bits per heavy atom. The maximum Gasteiger partial charge on any atom is 0.326 e. The van der Waals surface area contributed by atoms with E-state index in [4.69, 9.17) is 9.63 Å². The van der Waals surface area contributed by atoms with Gasteiger partial charge in [0.25, 0.3) is 0 Å². The van der Waals surface area contributed by atoms with Crippen molar-refractivity contribution in [2.24, 2.45) is 5.92 Å². The minimum absolute atomic E-state index is 0.166. The zero-order chi connectivity index (χ0) is 16.8. The molecule has 0 aliphatic rings. The molecule has 0 unspecified atom stereocenters. The summed E-state index contributed by atoms with van der Waals surface area (Å²) in [7, 11) is 0. The van der Waals surface area contributed by atoms with Crippen LogP contribution < -0.4 is 5.32 Å². The van der Waals surface area contributed by atoms with Crippen LogP contribution in [-0.4, -0.2) is 33.2 Å². The average molecular weight is 337 g/mol. The molecule has 0 saturated heterocycles. The first kappa shape index (κ1) is 17.1. The van der Waals surface area contributed by atoms with Crippen LogP contribution in [0.15, 0.2) is 22.0 Å². The fourth-order valence-electron chi connectivity index (χ4n) is 2.02. The van der Waals surface area contributed by atoms with E-state index in [1.54, 1.807) is 13.8 Å². The third kappa shape index (κ3) is 4.88. The van der Waals surface area contributed by atoms with Gasteiger partial charge < -0.3 is 14.9 Å². The van der Waals surface area contributed by atoms with Gasteiger partial charge in [-0.05, 0) is 23.8 Å². The number of aliphatic carboxylic acids is 1. The summed E-state index contributed by atoms with van der Waals surface area (Å²) < 4.78 is 5.15. The van der Waals surface area contributed by atoms with Crippen LogP contribution in [0.25, 0.3) is 10.7 Å². The van der Waals surface area contributed by atoms with Gasteiger partial charge in [0.1, 0.15) is 6.04 Å². The van der Waals surface area contributed by atoms with E-state index in [0.29, 0.717) is 24.6 Å². The zero-order valence-electron chi connectivity index (χ0n) is 13.0. The lowest BCUT2D eigenvalue weighted by atomic mass is 10.0. The lowest BCUT2D eigenvalue weighted by Gasteiger charge is -2.17. The minimum Gasteiger partial charge on any atom is -0.480 e. The van der Waals surface area contributed by atoms with Crippen LogP contribution in [0.4, 0.5) is 0 Å². The van der Waals surface area contributed by atoms with E-state index in [-0.39, 0.29) is 18.2 Å². The van der Waals surface area contributed by atoms with Crippen molar-refractivity contribution in [2.45, 2.75) is 39.2 Å². The number of carbonyl (C=O) groups excluding carboxylic acids is 1. The quantitative estimate of drug-likeness (QED) is 0.766. The molecular weight excluding hydrogens is 318 g/mol. The molecule has 0 aliphatic heterocycles. The Morgan fingerprint density at radius 3 is 2.83 bits per heavy atom. The maximum atomic E-state index is 11.8. The second-order valence-electron chi connectivity index (χ2n) is 5.47. The summed E-state index contributed by atoms with van der Waals surface area (Å²) >= 11 is 1.53. The number of thiophene rings is 1. The van der Waals surface area contributed by atoms with Gasteiger partial charge in [0.05, 0.1) is 4.88 Å². The van der Waals surface area contributed by atoms with Crippen molar-refractivity contribution in [1.82, 2.24) is 15.5 Å². The molecule has 0 radical (unpaired) electrons. The molecule has 23 heavy (non-hydrogen) atoms. The van der Waals surface area contributed by atoms with Crippen LogP contribution >= 0.6 is 11.3 Å². The minimum atomic E-state index is -1.02. The summed E-state index contributed by atoms with van der Waals surface area (Å²) in [5.41, 5.74) is 0. The summed E-state index contributed by atoms with van der Waals surface area (Å²) in [6.45, 7) is 3.51. The van der Waals surface area contributed by atoms with Gasteiger partial charge in [-0.15, -0.1) is 11.3 Å². The van der Waals surface area contributed by atoms with Gasteiger partial charge in [0, 0.05) is 12.8 Å². The number of aromatic nitrogens is 2. The molecule has 1 atom stereocenters. The lowest BCUT2D eigenvalue weighted by molar-refractivity contribution is -0.143. The highest BCUT2D eigenvalue weighted by molar-refractivity contribution is 7.13. The predicted molar refractivity (Wildman–Crippen MR) is 85.0 cm³/mol. The molecule has 0 saturated carbocycles. The normalized spacial score (nSPS) is 12.3. The van der Waals surface area contributed by atoms with E-state index in [2.05, 4.69) is 15.5 Å². The van der Waals surface area contributed by atoms with Gasteiger partial charge in [-0.2, -0.15) is 4.98 Å². The van der Waals surface area contributed by atoms with E-state index < -0.39 is 12.0 Å². The number of nitrogens with one attached hydrogen (secondary N) is 1. The number of carboxylic acids is 1. The molecular formula is C15H19N3O4S. The van der Waals surface area contributed by atoms with Gasteiger partial charge in [-0.1, -0.05) is 25.1 Å². The Hall–Kier alpha value is -2.22. The van der Waals surface area contributed by atoms with Crippen molar-refractivity contribution in [3.05, 3.63) is 23.4 Å². The van der Waals surface area contributed by atoms with Crippen molar-refractivity contribution in [3.63, 3.8) is 0 Å². The van der Waals surface area contributed by atoms with Crippen LogP contribution in [-0.2, 0) is 16.0 Å². The van der Waals surface area contributed by atoms with Gasteiger partial charge in [-0.3, -0.25) is 4.79 Å². The third-order valence-electron chi connectivity index (χ3n) is 3.25. The highest BCUT2D eigenvalue weighted by atomic mass is 32.1. The van der Waals surface area contributed by atoms with Crippen LogP contribution in [0.1, 0.15) is 32.6 Å². The van der Waals surface area contributed by atoms with Crippen LogP contribution in [0, 0.1) is 5.92 Å². The number of aryl methyl sites for hydroxylation is 1. The smallest absolute Gasteiger partial charge is 0.326 e. The highest BCUT2D eigenvalue weighted by Gasteiger charge is 2.23. The Morgan fingerprint density at radius 2 is 2.22 bits per heavy atom. The monoisotopic (exact) mass is 337 g/mol. The predicted octanol–water partition coefficient (Wildman–Crippen LogP) is 2.35. The number of hydrogen-bond acceptors (Lipinski definition) is 6. The van der Waals surface area contributed by atoms with Crippen molar-refractivity contribution < 1.29 is 19.2 Å². The Kier molecular flexibility index (Phi) is 5.86. The maximum absolute atomic E-state index is 11.8. The SMILES string of the molecule is CC(C)[C@@H](NC(=O)CCCc1nc(-c2cccs2)no1)C(=O)O. The standard InChI is InChI=1S/C15H19N3O4S/c1-9(2)13(15(20)21)16-11(19)6-3-7-12-17-14(18-22-12)10-5-4-8-23-10/h4-5,8-9,13H,3,6-7H2,1-2H3,(H,16,19)(H,20,21)/t13-/m1/s1. The fraction of sp³-hybridized carbons (Fsp3) is 0.467. The average Bonchev–Trinajstić information content (AvgIpc) is 3.14. The van der Waals surface area contributed by atoms with Gasteiger partial charge in [0.15, 0.2) is 0 Å². The Labute approximate surface area is 137 Å². The molecule has 8 heteroatoms. The van der Waals surface area contributed by atoms with Gasteiger partial charge in [0.2, 0.25) is 17.6 Å². The van der Waals surface area contributed by atoms with Gasteiger partial charge in [-0.25, -0.2) is 4.79 Å². The molecule has 2 aromatic heterocycles. The molecule has 124 valence electrons. The first-order valence-electron chi connectivity index (χ1n) is 7.36. The first-order valence-corrected chi connectivity index (χ1v) is 8.24. The molecule has 0 aliphatic carbocycles. The van der Waals surface area contributed by atoms with Crippen LogP contribution in [0.2, 0.25) is 0 Å². The summed E-state index contributed by atoms with van der Waals surface area (Å²) in [5.74, 6) is -0.458. The third-order valence-corrected chi connectivity index (χ3v) is 4.12. The molecule has 7 nitrogen and oxygen atoms in total. The summed E-state index contributed by atoms with van der Waals surface area (Å²) in [4.78, 5) is 28.0. The second-order valence-corrected chi connectivity index (χ2v) is 6.42. The Balaban J connectivity index is 1.78. The highest BCUT2D eigenvalue weighted by Crippen LogP contribution is 2.21. The molecule has 2 heterocycles. The van der Waals surface area contributed by atoms with Gasteiger partial charge >= 0.3 is 5.97 Å². The van der Waals surface area contributed by atoms with Crippen molar-refractivity contribution in [3.8, 4) is 10.7 Å². The lowest BCUT2D eigenvalue weighted by Crippen LogP contribution is -2.44. The largest absolute Gasteiger partial charge is 0.480 e. The van der Waals surface area contributed by atoms with Crippen LogP contribution in [0.5, 0.6) is 0 Å². The topological polar surface area (TPSA) is 105 Å². The molecule has 0 bridgehead atoms. The number of carboxylic acid groups (broad SMARTS) is 1. The summed E-state index contributed by atoms with van der Waals surface area (Å²) in [6.07, 6.45) is 1.21. The number of rotatable bonds is 8. The van der Waals surface area contributed by atoms with E-state index in [0.717, 1.165) is 4.88 Å². The second kappa shape index (κ2) is 7.87. The zero-order valence-corrected chi connectivity index (χ0v) is 13.8. The molecule has 1 amide bonds. The molecule has 0 aromatic carbocycles. The van der Waals surface area contributed by atoms with Crippen molar-refractivity contribution >= 4 is 23.2 Å². The van der Waals surface area contributed by atoms with E-state index in [1.807, 2.05) is 17.5 Å². The first-order chi connectivity index (χ1) is 11.0. The molecule has 0 fully saturated rings. The van der Waals surface area contributed by atoms with E-state index in [9.17, 15) is 9.59 Å². The summed E-state index contributed by atoms with van der Waals surface area (Å²) in [6, 6.07) is 2.95. The van der Waals surface area contributed by atoms with Crippen molar-refractivity contribution in [2.75, 3.05) is 0 Å². The molecule has 2 rings (SSSR count). The number of nitrogens with zero attached hydrogens (tertiary/aromatic N) is 2.